The van der Waals surface area contributed by atoms with E-state index in [-0.39, 0.29) is 17.2 Å². The van der Waals surface area contributed by atoms with Gasteiger partial charge in [-0.15, -0.1) is 21.5 Å². The number of nitrogens with zero attached hydrogens (tertiary/aromatic N) is 3. The second kappa shape index (κ2) is 7.78. The zero-order valence-corrected chi connectivity index (χ0v) is 15.8. The van der Waals surface area contributed by atoms with E-state index >= 15 is 0 Å². The highest BCUT2D eigenvalue weighted by atomic mass is 32.1. The zero-order valence-electron chi connectivity index (χ0n) is 15.0. The number of benzene rings is 1. The SMILES string of the molecule is O=C(Nc1ccc(-c2ccc(C(F)(F)F)c(NCC3CC3)c2)nn1)c1cscn1. The van der Waals surface area contributed by atoms with E-state index in [0.29, 0.717) is 23.7 Å². The molecule has 1 aliphatic rings. The Balaban J connectivity index is 1.53. The van der Waals surface area contributed by atoms with Crippen LogP contribution in [0.4, 0.5) is 24.7 Å². The number of aromatic nitrogens is 3. The van der Waals surface area contributed by atoms with Gasteiger partial charge in [-0.3, -0.25) is 4.79 Å². The number of hydrogen-bond acceptors (Lipinski definition) is 6. The van der Waals surface area contributed by atoms with E-state index in [2.05, 4.69) is 25.8 Å². The number of alkyl halides is 3. The summed E-state index contributed by atoms with van der Waals surface area (Å²) in [4.78, 5) is 15.9. The van der Waals surface area contributed by atoms with Crippen LogP contribution in [0.2, 0.25) is 0 Å². The van der Waals surface area contributed by atoms with Crippen molar-refractivity contribution in [2.75, 3.05) is 17.2 Å². The summed E-state index contributed by atoms with van der Waals surface area (Å²) < 4.78 is 39.9. The number of thiazole rings is 1. The molecule has 150 valence electrons. The molecule has 3 aromatic rings. The Morgan fingerprint density at radius 3 is 2.62 bits per heavy atom. The smallest absolute Gasteiger partial charge is 0.384 e. The Morgan fingerprint density at radius 1 is 1.17 bits per heavy atom. The summed E-state index contributed by atoms with van der Waals surface area (Å²) in [6, 6.07) is 6.98. The van der Waals surface area contributed by atoms with E-state index in [9.17, 15) is 18.0 Å². The summed E-state index contributed by atoms with van der Waals surface area (Å²) in [5.74, 6) is 0.250. The summed E-state index contributed by atoms with van der Waals surface area (Å²) in [5, 5.41) is 15.1. The van der Waals surface area contributed by atoms with Crippen LogP contribution in [0.25, 0.3) is 11.3 Å². The van der Waals surface area contributed by atoms with Gasteiger partial charge in [0.05, 0.1) is 16.8 Å². The lowest BCUT2D eigenvalue weighted by atomic mass is 10.1. The Labute approximate surface area is 168 Å². The van der Waals surface area contributed by atoms with Crippen molar-refractivity contribution in [3.8, 4) is 11.3 Å². The van der Waals surface area contributed by atoms with Crippen LogP contribution in [0.5, 0.6) is 0 Å². The molecule has 2 heterocycles. The van der Waals surface area contributed by atoms with Crippen LogP contribution in [-0.2, 0) is 6.18 Å². The minimum absolute atomic E-state index is 0.0320. The Bertz CT molecular complexity index is 1000. The third-order valence-electron chi connectivity index (χ3n) is 4.47. The topological polar surface area (TPSA) is 79.8 Å². The van der Waals surface area contributed by atoms with Crippen molar-refractivity contribution in [1.29, 1.82) is 0 Å². The lowest BCUT2D eigenvalue weighted by Gasteiger charge is -2.16. The first-order valence-electron chi connectivity index (χ1n) is 8.89. The van der Waals surface area contributed by atoms with Crippen LogP contribution < -0.4 is 10.6 Å². The molecule has 6 nitrogen and oxygen atoms in total. The van der Waals surface area contributed by atoms with E-state index in [1.165, 1.54) is 23.5 Å². The van der Waals surface area contributed by atoms with E-state index in [1.807, 2.05) is 0 Å². The summed E-state index contributed by atoms with van der Waals surface area (Å²) in [5.41, 5.74) is 2.05. The zero-order chi connectivity index (χ0) is 20.4. The second-order valence-electron chi connectivity index (χ2n) is 6.71. The molecule has 1 amide bonds. The van der Waals surface area contributed by atoms with Gasteiger partial charge in [0.2, 0.25) is 0 Å². The first-order valence-corrected chi connectivity index (χ1v) is 9.83. The number of anilines is 2. The summed E-state index contributed by atoms with van der Waals surface area (Å²) in [6.45, 7) is 0.514. The second-order valence-corrected chi connectivity index (χ2v) is 7.43. The van der Waals surface area contributed by atoms with E-state index < -0.39 is 17.6 Å². The molecule has 1 aliphatic carbocycles. The third-order valence-corrected chi connectivity index (χ3v) is 5.06. The Kier molecular flexibility index (Phi) is 5.18. The van der Waals surface area contributed by atoms with Crippen molar-refractivity contribution in [2.45, 2.75) is 19.0 Å². The fraction of sp³-hybridized carbons (Fsp3) is 0.263. The van der Waals surface area contributed by atoms with Crippen molar-refractivity contribution in [3.05, 3.63) is 52.5 Å². The minimum Gasteiger partial charge on any atom is -0.384 e. The molecule has 2 aromatic heterocycles. The Morgan fingerprint density at radius 2 is 2.00 bits per heavy atom. The van der Waals surface area contributed by atoms with Gasteiger partial charge in [0, 0.05) is 23.2 Å². The number of hydrogen-bond donors (Lipinski definition) is 2. The summed E-state index contributed by atoms with van der Waals surface area (Å²) in [6.07, 6.45) is -2.37. The van der Waals surface area contributed by atoms with Gasteiger partial charge < -0.3 is 10.6 Å². The molecule has 0 spiro atoms. The molecular formula is C19H16F3N5OS. The Hall–Kier alpha value is -3.01. The van der Waals surface area contributed by atoms with Gasteiger partial charge in [0.1, 0.15) is 5.69 Å². The molecule has 0 atom stereocenters. The predicted molar refractivity (Wildman–Crippen MR) is 104 cm³/mol. The molecule has 1 saturated carbocycles. The van der Waals surface area contributed by atoms with Gasteiger partial charge in [-0.2, -0.15) is 13.2 Å². The normalized spacial score (nSPS) is 13.9. The molecule has 4 rings (SSSR count). The van der Waals surface area contributed by atoms with Crippen molar-refractivity contribution >= 4 is 28.7 Å². The van der Waals surface area contributed by atoms with Gasteiger partial charge in [0.15, 0.2) is 5.82 Å². The number of carbonyl (C=O) groups is 1. The number of carbonyl (C=O) groups excluding carboxylic acids is 1. The van der Waals surface area contributed by atoms with Crippen LogP contribution in [0.15, 0.2) is 41.2 Å². The van der Waals surface area contributed by atoms with E-state index in [4.69, 9.17) is 0 Å². The molecule has 0 saturated heterocycles. The maximum Gasteiger partial charge on any atom is 0.418 e. The maximum absolute atomic E-state index is 13.3. The van der Waals surface area contributed by atoms with Crippen molar-refractivity contribution in [3.63, 3.8) is 0 Å². The average Bonchev–Trinajstić information content (AvgIpc) is 3.36. The van der Waals surface area contributed by atoms with Crippen LogP contribution in [0.1, 0.15) is 28.9 Å². The van der Waals surface area contributed by atoms with Gasteiger partial charge in [0.25, 0.3) is 5.91 Å². The molecule has 1 aromatic carbocycles. The van der Waals surface area contributed by atoms with E-state index in [1.54, 1.807) is 23.0 Å². The lowest BCUT2D eigenvalue weighted by molar-refractivity contribution is -0.136. The molecule has 1 fully saturated rings. The highest BCUT2D eigenvalue weighted by Gasteiger charge is 2.34. The first-order chi connectivity index (χ1) is 13.9. The molecule has 0 bridgehead atoms. The van der Waals surface area contributed by atoms with Gasteiger partial charge in [-0.1, -0.05) is 6.07 Å². The largest absolute Gasteiger partial charge is 0.418 e. The molecule has 0 aliphatic heterocycles. The van der Waals surface area contributed by atoms with Crippen LogP contribution in [0, 0.1) is 5.92 Å². The number of halogens is 3. The van der Waals surface area contributed by atoms with Crippen molar-refractivity contribution < 1.29 is 18.0 Å². The van der Waals surface area contributed by atoms with Crippen molar-refractivity contribution in [2.24, 2.45) is 5.92 Å². The fourth-order valence-corrected chi connectivity index (χ4v) is 3.26. The number of rotatable bonds is 6. The first kappa shape index (κ1) is 19.3. The third kappa shape index (κ3) is 4.70. The lowest BCUT2D eigenvalue weighted by Crippen LogP contribution is -2.14. The standard InChI is InChI=1S/C19H16F3N5OS/c20-19(21,22)13-4-3-12(7-15(13)23-8-11-1-2-11)14-5-6-17(27-26-14)25-18(28)16-9-29-10-24-16/h3-7,9-11,23H,1-2,8H2,(H,25,27,28). The van der Waals surface area contributed by atoms with Gasteiger partial charge >= 0.3 is 6.18 Å². The highest BCUT2D eigenvalue weighted by molar-refractivity contribution is 7.07. The van der Waals surface area contributed by atoms with Crippen LogP contribution >= 0.6 is 11.3 Å². The number of nitrogens with one attached hydrogen (secondary N) is 2. The molecule has 29 heavy (non-hydrogen) atoms. The maximum atomic E-state index is 13.3. The van der Waals surface area contributed by atoms with Crippen LogP contribution in [-0.4, -0.2) is 27.6 Å². The molecule has 2 N–H and O–H groups in total. The molecule has 0 unspecified atom stereocenters. The average molecular weight is 419 g/mol. The monoisotopic (exact) mass is 419 g/mol. The molecule has 10 heteroatoms. The minimum atomic E-state index is -4.44. The highest BCUT2D eigenvalue weighted by Crippen LogP contribution is 2.38. The molecular weight excluding hydrogens is 403 g/mol. The quantitative estimate of drug-likeness (QED) is 0.606. The summed E-state index contributed by atoms with van der Waals surface area (Å²) >= 11 is 1.30. The van der Waals surface area contributed by atoms with Crippen molar-refractivity contribution in [1.82, 2.24) is 15.2 Å². The summed E-state index contributed by atoms with van der Waals surface area (Å²) in [7, 11) is 0. The fourth-order valence-electron chi connectivity index (χ4n) is 2.73. The number of amides is 1. The van der Waals surface area contributed by atoms with Crippen LogP contribution in [0.3, 0.4) is 0 Å². The molecule has 0 radical (unpaired) electrons. The van der Waals surface area contributed by atoms with Gasteiger partial charge in [-0.25, -0.2) is 4.98 Å². The van der Waals surface area contributed by atoms with Gasteiger partial charge in [-0.05, 0) is 43.0 Å². The van der Waals surface area contributed by atoms with E-state index in [0.717, 1.165) is 18.9 Å². The predicted octanol–water partition coefficient (Wildman–Crippen LogP) is 4.69.